The molecule has 0 bridgehead atoms. The van der Waals surface area contributed by atoms with Crippen molar-refractivity contribution in [1.82, 2.24) is 0 Å². The molecule has 0 aromatic heterocycles. The predicted octanol–water partition coefficient (Wildman–Crippen LogP) is 2.72. The molecule has 1 aliphatic rings. The molecule has 1 aromatic rings. The van der Waals surface area contributed by atoms with E-state index in [4.69, 9.17) is 11.6 Å². The van der Waals surface area contributed by atoms with Crippen molar-refractivity contribution in [2.24, 2.45) is 0 Å². The van der Waals surface area contributed by atoms with Crippen LogP contribution >= 0.6 is 11.6 Å². The van der Waals surface area contributed by atoms with Crippen molar-refractivity contribution in [3.05, 3.63) is 34.3 Å². The Morgan fingerprint density at radius 2 is 2.15 bits per heavy atom. The summed E-state index contributed by atoms with van der Waals surface area (Å²) < 4.78 is 0. The highest BCUT2D eigenvalue weighted by Crippen LogP contribution is 2.39. The summed E-state index contributed by atoms with van der Waals surface area (Å²) in [5.74, 6) is 0. The van der Waals surface area contributed by atoms with Gasteiger partial charge in [0.1, 0.15) is 0 Å². The lowest BCUT2D eigenvalue weighted by atomic mass is 10.0. The Kier molecular flexibility index (Phi) is 2.09. The van der Waals surface area contributed by atoms with E-state index in [1.54, 1.807) is 0 Å². The normalized spacial score (nSPS) is 18.7. The molecule has 0 unspecified atom stereocenters. The largest absolute Gasteiger partial charge is 0.390 e. The SMILES string of the molecule is Cc1cccc(CC2(O)CC2)c1Cl. The average Bonchev–Trinajstić information content (AvgIpc) is 2.78. The van der Waals surface area contributed by atoms with Gasteiger partial charge in [-0.2, -0.15) is 0 Å². The highest BCUT2D eigenvalue weighted by atomic mass is 35.5. The van der Waals surface area contributed by atoms with Gasteiger partial charge in [0.2, 0.25) is 0 Å². The molecule has 2 heteroatoms. The van der Waals surface area contributed by atoms with E-state index >= 15 is 0 Å². The number of halogens is 1. The van der Waals surface area contributed by atoms with E-state index in [9.17, 15) is 5.11 Å². The lowest BCUT2D eigenvalue weighted by Crippen LogP contribution is -2.11. The van der Waals surface area contributed by atoms with E-state index in [0.717, 1.165) is 29.0 Å². The van der Waals surface area contributed by atoms with Crippen LogP contribution in [0.5, 0.6) is 0 Å². The molecule has 0 amide bonds. The minimum absolute atomic E-state index is 0.447. The summed E-state index contributed by atoms with van der Waals surface area (Å²) >= 11 is 6.12. The maximum Gasteiger partial charge on any atom is 0.0690 e. The monoisotopic (exact) mass is 196 g/mol. The van der Waals surface area contributed by atoms with E-state index in [2.05, 4.69) is 0 Å². The van der Waals surface area contributed by atoms with Crippen molar-refractivity contribution in [3.63, 3.8) is 0 Å². The first kappa shape index (κ1) is 9.04. The quantitative estimate of drug-likeness (QED) is 0.771. The first-order chi connectivity index (χ1) is 6.11. The Labute approximate surface area is 83.3 Å². The lowest BCUT2D eigenvalue weighted by Gasteiger charge is -2.10. The van der Waals surface area contributed by atoms with Crippen LogP contribution in [0.3, 0.4) is 0 Å². The molecule has 13 heavy (non-hydrogen) atoms. The number of benzene rings is 1. The van der Waals surface area contributed by atoms with Crippen molar-refractivity contribution >= 4 is 11.6 Å². The van der Waals surface area contributed by atoms with Crippen LogP contribution in [0.15, 0.2) is 18.2 Å². The standard InChI is InChI=1S/C11H13ClO/c1-8-3-2-4-9(10(8)12)7-11(13)5-6-11/h2-4,13H,5-7H2,1H3. The fourth-order valence-corrected chi connectivity index (χ4v) is 1.71. The van der Waals surface area contributed by atoms with Gasteiger partial charge in [0.05, 0.1) is 5.60 Å². The van der Waals surface area contributed by atoms with Crippen molar-refractivity contribution in [1.29, 1.82) is 0 Å². The first-order valence-corrected chi connectivity index (χ1v) is 4.95. The highest BCUT2D eigenvalue weighted by Gasteiger charge is 2.40. The fourth-order valence-electron chi connectivity index (χ4n) is 1.52. The smallest absolute Gasteiger partial charge is 0.0690 e. The van der Waals surface area contributed by atoms with Crippen LogP contribution in [0.1, 0.15) is 24.0 Å². The van der Waals surface area contributed by atoms with Crippen molar-refractivity contribution in [3.8, 4) is 0 Å². The summed E-state index contributed by atoms with van der Waals surface area (Å²) in [6, 6.07) is 5.97. The maximum absolute atomic E-state index is 9.74. The van der Waals surface area contributed by atoms with Gasteiger partial charge in [-0.25, -0.2) is 0 Å². The zero-order valence-corrected chi connectivity index (χ0v) is 8.43. The molecule has 70 valence electrons. The molecule has 0 atom stereocenters. The van der Waals surface area contributed by atoms with Crippen LogP contribution in [-0.2, 0) is 6.42 Å². The number of rotatable bonds is 2. The van der Waals surface area contributed by atoms with Crippen LogP contribution in [0.2, 0.25) is 5.02 Å². The molecule has 0 spiro atoms. The summed E-state index contributed by atoms with van der Waals surface area (Å²) in [4.78, 5) is 0. The number of aliphatic hydroxyl groups is 1. The molecule has 0 saturated heterocycles. The lowest BCUT2D eigenvalue weighted by molar-refractivity contribution is 0.151. The van der Waals surface area contributed by atoms with E-state index in [0.29, 0.717) is 6.42 Å². The molecule has 2 rings (SSSR count). The molecule has 0 aliphatic heterocycles. The third-order valence-corrected chi connectivity index (χ3v) is 3.16. The van der Waals surface area contributed by atoms with Gasteiger partial charge >= 0.3 is 0 Å². The van der Waals surface area contributed by atoms with E-state index in [-0.39, 0.29) is 0 Å². The Bertz CT molecular complexity index is 329. The molecule has 0 heterocycles. The van der Waals surface area contributed by atoms with Crippen molar-refractivity contribution in [2.75, 3.05) is 0 Å². The van der Waals surface area contributed by atoms with Gasteiger partial charge in [-0.1, -0.05) is 29.8 Å². The highest BCUT2D eigenvalue weighted by molar-refractivity contribution is 6.32. The van der Waals surface area contributed by atoms with Crippen molar-refractivity contribution < 1.29 is 5.11 Å². The molecule has 1 saturated carbocycles. The number of hydrogen-bond acceptors (Lipinski definition) is 1. The average molecular weight is 197 g/mol. The Morgan fingerprint density at radius 1 is 1.46 bits per heavy atom. The van der Waals surface area contributed by atoms with Crippen LogP contribution < -0.4 is 0 Å². The molecular weight excluding hydrogens is 184 g/mol. The van der Waals surface area contributed by atoms with Gasteiger partial charge in [-0.05, 0) is 30.9 Å². The third-order valence-electron chi connectivity index (χ3n) is 2.62. The second kappa shape index (κ2) is 3.00. The Balaban J connectivity index is 2.25. The van der Waals surface area contributed by atoms with Crippen LogP contribution in [-0.4, -0.2) is 10.7 Å². The van der Waals surface area contributed by atoms with Gasteiger partial charge in [0, 0.05) is 11.4 Å². The molecular formula is C11H13ClO. The topological polar surface area (TPSA) is 20.2 Å². The van der Waals surface area contributed by atoms with Gasteiger partial charge in [0.15, 0.2) is 0 Å². The van der Waals surface area contributed by atoms with E-state index in [1.807, 2.05) is 25.1 Å². The fraction of sp³-hybridized carbons (Fsp3) is 0.455. The number of aryl methyl sites for hydroxylation is 1. The Hall–Kier alpha value is -0.530. The van der Waals surface area contributed by atoms with Crippen molar-refractivity contribution in [2.45, 2.75) is 31.8 Å². The van der Waals surface area contributed by atoms with Gasteiger partial charge in [-0.3, -0.25) is 0 Å². The third kappa shape index (κ3) is 1.87. The molecule has 1 nitrogen and oxygen atoms in total. The second-order valence-corrected chi connectivity index (χ2v) is 4.33. The Morgan fingerprint density at radius 3 is 2.77 bits per heavy atom. The summed E-state index contributed by atoms with van der Waals surface area (Å²) in [5.41, 5.74) is 1.71. The zero-order chi connectivity index (χ0) is 9.47. The second-order valence-electron chi connectivity index (χ2n) is 3.95. The van der Waals surface area contributed by atoms with Gasteiger partial charge in [-0.15, -0.1) is 0 Å². The summed E-state index contributed by atoms with van der Waals surface area (Å²) in [5, 5.41) is 10.5. The van der Waals surface area contributed by atoms with Gasteiger partial charge in [0.25, 0.3) is 0 Å². The van der Waals surface area contributed by atoms with Crippen LogP contribution in [0.4, 0.5) is 0 Å². The zero-order valence-electron chi connectivity index (χ0n) is 7.68. The summed E-state index contributed by atoms with van der Waals surface area (Å²) in [6.45, 7) is 1.99. The molecule has 0 radical (unpaired) electrons. The molecule has 1 aromatic carbocycles. The van der Waals surface area contributed by atoms with Crippen LogP contribution in [0, 0.1) is 6.92 Å². The molecule has 1 aliphatic carbocycles. The molecule has 1 N–H and O–H groups in total. The van der Waals surface area contributed by atoms with Crippen LogP contribution in [0.25, 0.3) is 0 Å². The minimum Gasteiger partial charge on any atom is -0.390 e. The summed E-state index contributed by atoms with van der Waals surface area (Å²) in [7, 11) is 0. The predicted molar refractivity (Wildman–Crippen MR) is 54.1 cm³/mol. The summed E-state index contributed by atoms with van der Waals surface area (Å²) in [6.07, 6.45) is 2.53. The first-order valence-electron chi connectivity index (χ1n) is 4.57. The van der Waals surface area contributed by atoms with E-state index in [1.165, 1.54) is 0 Å². The maximum atomic E-state index is 9.74. The minimum atomic E-state index is -0.447. The van der Waals surface area contributed by atoms with Gasteiger partial charge < -0.3 is 5.11 Å². The number of hydrogen-bond donors (Lipinski definition) is 1. The molecule has 1 fully saturated rings. The van der Waals surface area contributed by atoms with E-state index < -0.39 is 5.60 Å².